The molecule has 0 atom stereocenters. The summed E-state index contributed by atoms with van der Waals surface area (Å²) in [6.45, 7) is 6.80. The Kier molecular flexibility index (Phi) is 78.9. The number of rotatable bonds is 48. The van der Waals surface area contributed by atoms with Crippen LogP contribution in [0.25, 0.3) is 0 Å². The van der Waals surface area contributed by atoms with Crippen LogP contribution in [0.15, 0.2) is 0 Å². The maximum absolute atomic E-state index is 10.2. The Morgan fingerprint density at radius 1 is 0.226 bits per heavy atom. The van der Waals surface area contributed by atoms with Crippen LogP contribution in [0.2, 0.25) is 0 Å². The summed E-state index contributed by atoms with van der Waals surface area (Å²) in [7, 11) is 0. The van der Waals surface area contributed by atoms with Gasteiger partial charge in [-0.15, -0.1) is 0 Å². The van der Waals surface area contributed by atoms with Gasteiger partial charge in [0.15, 0.2) is 0 Å². The molecule has 360 valence electrons. The summed E-state index contributed by atoms with van der Waals surface area (Å²) in [6, 6.07) is 0. The van der Waals surface area contributed by atoms with E-state index in [1.165, 1.54) is 250 Å². The van der Waals surface area contributed by atoms with Gasteiger partial charge in [-0.3, -0.25) is 0 Å². The molecule has 0 N–H and O–H groups in total. The molecule has 0 aromatic heterocycles. The molecule has 0 aliphatic heterocycles. The molecule has 0 saturated carbocycles. The van der Waals surface area contributed by atoms with Crippen LogP contribution in [0.5, 0.6) is 0 Å². The molecule has 0 rings (SSSR count). The van der Waals surface area contributed by atoms with Crippen molar-refractivity contribution in [2.75, 3.05) is 0 Å². The summed E-state index contributed by atoms with van der Waals surface area (Å²) < 4.78 is 0. The first kappa shape index (κ1) is 71.7. The summed E-state index contributed by atoms with van der Waals surface area (Å²) in [4.78, 5) is 30.7. The van der Waals surface area contributed by atoms with Crippen molar-refractivity contribution in [3.63, 3.8) is 0 Å². The monoisotopic (exact) mass is 913 g/mol. The van der Waals surface area contributed by atoms with Crippen LogP contribution >= 0.6 is 0 Å². The Morgan fingerprint density at radius 2 is 0.323 bits per heavy atom. The van der Waals surface area contributed by atoms with E-state index in [0.29, 0.717) is 0 Å². The van der Waals surface area contributed by atoms with Gasteiger partial charge in [0.25, 0.3) is 0 Å². The zero-order valence-electron chi connectivity index (χ0n) is 42.6. The van der Waals surface area contributed by atoms with Crippen LogP contribution < -0.4 is 44.9 Å². The number of carboxylic acids is 3. The average molecular weight is 913 g/mol. The number of carbonyl (C=O) groups is 3. The van der Waals surface area contributed by atoms with E-state index in [0.717, 1.165) is 38.5 Å². The fraction of sp³-hybridized carbons (Fsp3) is 0.944. The fourth-order valence-corrected chi connectivity index (χ4v) is 7.92. The van der Waals surface area contributed by atoms with Crippen molar-refractivity contribution >= 4 is 55.6 Å². The van der Waals surface area contributed by atoms with Crippen molar-refractivity contribution in [1.82, 2.24) is 0 Å². The summed E-state index contributed by atoms with van der Waals surface area (Å²) in [6.07, 6.45) is 59.6. The fourth-order valence-electron chi connectivity index (χ4n) is 7.92. The number of hydrogen-bond donors (Lipinski definition) is 0. The summed E-state index contributed by atoms with van der Waals surface area (Å²) in [5, 5.41) is 30.7. The van der Waals surface area contributed by atoms with Crippen molar-refractivity contribution < 1.29 is 59.3 Å². The van der Waals surface area contributed by atoms with E-state index in [-0.39, 0.29) is 86.6 Å². The number of carboxylic acid groups (broad SMARTS) is 3. The first-order valence-electron chi connectivity index (χ1n) is 26.9. The maximum atomic E-state index is 10.2. The zero-order valence-corrected chi connectivity index (χ0v) is 46.8. The van der Waals surface area contributed by atoms with Gasteiger partial charge in [-0.2, -0.15) is 0 Å². The second-order valence-electron chi connectivity index (χ2n) is 18.2. The molecule has 62 heavy (non-hydrogen) atoms. The number of hydrogen-bond acceptors (Lipinski definition) is 6. The predicted octanol–water partition coefficient (Wildman–Crippen LogP) is 11.6. The van der Waals surface area contributed by atoms with Crippen molar-refractivity contribution in [3.8, 4) is 0 Å². The van der Waals surface area contributed by atoms with Gasteiger partial charge in [0.2, 0.25) is 0 Å². The van der Waals surface area contributed by atoms with Gasteiger partial charge in [0, 0.05) is 17.9 Å². The minimum atomic E-state index is -0.903. The molecule has 0 spiro atoms. The van der Waals surface area contributed by atoms with Gasteiger partial charge in [-0.25, -0.2) is 0 Å². The molecule has 6 nitrogen and oxygen atoms in total. The van der Waals surface area contributed by atoms with Crippen LogP contribution in [0.1, 0.15) is 329 Å². The van der Waals surface area contributed by atoms with E-state index >= 15 is 0 Å². The first-order chi connectivity index (χ1) is 29.3. The van der Waals surface area contributed by atoms with E-state index in [1.807, 2.05) is 0 Å². The van der Waals surface area contributed by atoms with Crippen LogP contribution in [0, 0.1) is 0 Å². The van der Waals surface area contributed by atoms with E-state index in [1.54, 1.807) is 0 Å². The SMILES string of the molecule is CCCCCCCCCCCCCCCCCC(=O)[O-].CCCCCCCCCCCCCCCCCC(=O)[O-].CCCCCCCCCCCCCCCCCC(=O)[O-].[Ca+2].[Na+]. The molecule has 0 aliphatic rings. The van der Waals surface area contributed by atoms with Crippen LogP contribution in [0.3, 0.4) is 0 Å². The second kappa shape index (κ2) is 68.3. The van der Waals surface area contributed by atoms with Crippen LogP contribution in [-0.4, -0.2) is 55.6 Å². The minimum absolute atomic E-state index is 0. The molecular formula is C54H105CaNaO6. The van der Waals surface area contributed by atoms with Crippen LogP contribution in [-0.2, 0) is 14.4 Å². The molecule has 0 amide bonds. The third kappa shape index (κ3) is 80.9. The Balaban J connectivity index is -0.000000258. The molecule has 0 unspecified atom stereocenters. The van der Waals surface area contributed by atoms with E-state index in [4.69, 9.17) is 0 Å². The first-order valence-corrected chi connectivity index (χ1v) is 26.9. The Labute approximate surface area is 439 Å². The molecule has 0 aromatic rings. The van der Waals surface area contributed by atoms with Gasteiger partial charge < -0.3 is 29.7 Å². The van der Waals surface area contributed by atoms with Crippen molar-refractivity contribution in [2.45, 2.75) is 329 Å². The molecular weight excluding hydrogens is 808 g/mol. The molecule has 0 aliphatic carbocycles. The molecule has 8 heteroatoms. The van der Waals surface area contributed by atoms with E-state index in [2.05, 4.69) is 20.8 Å². The normalized spacial score (nSPS) is 10.5. The Hall–Kier alpha value is 0.670. The van der Waals surface area contributed by atoms with Gasteiger partial charge >= 0.3 is 67.3 Å². The Bertz CT molecular complexity index is 724. The van der Waals surface area contributed by atoms with Gasteiger partial charge in [-0.05, 0) is 38.5 Å². The third-order valence-electron chi connectivity index (χ3n) is 12.0. The average Bonchev–Trinajstić information content (AvgIpc) is 3.22. The molecule has 0 radical (unpaired) electrons. The minimum Gasteiger partial charge on any atom is -0.550 e. The maximum Gasteiger partial charge on any atom is 2.00 e. The summed E-state index contributed by atoms with van der Waals surface area (Å²) in [5.74, 6) is -2.71. The molecule has 0 fully saturated rings. The van der Waals surface area contributed by atoms with Gasteiger partial charge in [0.05, 0.1) is 0 Å². The number of unbranched alkanes of at least 4 members (excludes halogenated alkanes) is 42. The van der Waals surface area contributed by atoms with E-state index in [9.17, 15) is 29.7 Å². The second-order valence-corrected chi connectivity index (χ2v) is 18.2. The van der Waals surface area contributed by atoms with Gasteiger partial charge in [0.1, 0.15) is 0 Å². The molecule has 0 heterocycles. The molecule has 0 aromatic carbocycles. The van der Waals surface area contributed by atoms with Gasteiger partial charge in [-0.1, -0.05) is 290 Å². The third-order valence-corrected chi connectivity index (χ3v) is 12.0. The molecule has 0 saturated heterocycles. The zero-order chi connectivity index (χ0) is 44.7. The van der Waals surface area contributed by atoms with Crippen LogP contribution in [0.4, 0.5) is 0 Å². The smallest absolute Gasteiger partial charge is 0.550 e. The largest absolute Gasteiger partial charge is 2.00 e. The van der Waals surface area contributed by atoms with Crippen molar-refractivity contribution in [3.05, 3.63) is 0 Å². The number of carbonyl (C=O) groups excluding carboxylic acids is 3. The summed E-state index contributed by atoms with van der Waals surface area (Å²) in [5.41, 5.74) is 0. The Morgan fingerprint density at radius 3 is 0.419 bits per heavy atom. The quantitative estimate of drug-likeness (QED) is 0.0443. The summed E-state index contributed by atoms with van der Waals surface area (Å²) >= 11 is 0. The standard InChI is InChI=1S/3C18H36O2.Ca.Na/c3*1-2-3-4-5-6-7-8-9-10-11-12-13-14-15-16-17-18(19)20;;/h3*2-17H2,1H3,(H,19,20);;/q;;;+2;+1/p-3. The van der Waals surface area contributed by atoms with Crippen molar-refractivity contribution in [1.29, 1.82) is 0 Å². The topological polar surface area (TPSA) is 120 Å². The van der Waals surface area contributed by atoms with E-state index < -0.39 is 17.9 Å². The molecule has 0 bridgehead atoms. The van der Waals surface area contributed by atoms with Crippen molar-refractivity contribution in [2.24, 2.45) is 0 Å². The predicted molar refractivity (Wildman–Crippen MR) is 259 cm³/mol. The number of aliphatic carboxylic acids is 3.